The van der Waals surface area contributed by atoms with E-state index in [1.807, 2.05) is 59.3 Å². The van der Waals surface area contributed by atoms with E-state index in [2.05, 4.69) is 0 Å². The van der Waals surface area contributed by atoms with Gasteiger partial charge in [-0.25, -0.2) is 12.8 Å². The highest BCUT2D eigenvalue weighted by molar-refractivity contribution is 7.91. The second-order valence-electron chi connectivity index (χ2n) is 8.38. The van der Waals surface area contributed by atoms with Gasteiger partial charge in [0.05, 0.1) is 17.0 Å². The van der Waals surface area contributed by atoms with Gasteiger partial charge in [0.1, 0.15) is 5.82 Å². The van der Waals surface area contributed by atoms with E-state index in [0.29, 0.717) is 12.0 Å². The van der Waals surface area contributed by atoms with Crippen LogP contribution in [-0.2, 0) is 9.84 Å². The summed E-state index contributed by atoms with van der Waals surface area (Å²) in [7, 11) is -3.02. The van der Waals surface area contributed by atoms with Crippen LogP contribution in [0.4, 0.5) is 4.39 Å². The second kappa shape index (κ2) is 8.02. The lowest BCUT2D eigenvalue weighted by atomic mass is 9.96. The number of sulfone groups is 1. The topological polar surface area (TPSA) is 56.1 Å². The monoisotopic (exact) mass is 447 g/mol. The Hall–Kier alpha value is -3.25. The molecule has 1 aliphatic heterocycles. The molecule has 0 bridgehead atoms. The SMILES string of the molecule is O=C(CC1CCS(=O)(=O)C1)c1ccc2c(-c3ccccc3)cn(-c3ccc(F)cc3)c2c1. The molecule has 162 valence electrons. The van der Waals surface area contributed by atoms with Crippen LogP contribution in [0.25, 0.3) is 27.7 Å². The summed E-state index contributed by atoms with van der Waals surface area (Å²) in [5.41, 5.74) is 4.27. The zero-order chi connectivity index (χ0) is 22.3. The molecule has 0 amide bonds. The number of halogens is 1. The van der Waals surface area contributed by atoms with Gasteiger partial charge in [0.15, 0.2) is 15.6 Å². The molecule has 5 rings (SSSR count). The van der Waals surface area contributed by atoms with Crippen molar-refractivity contribution in [3.05, 3.63) is 90.4 Å². The molecule has 1 atom stereocenters. The van der Waals surface area contributed by atoms with Crippen molar-refractivity contribution in [2.24, 2.45) is 5.92 Å². The predicted molar refractivity (Wildman–Crippen MR) is 124 cm³/mol. The molecule has 0 spiro atoms. The third-order valence-electron chi connectivity index (χ3n) is 6.12. The summed E-state index contributed by atoms with van der Waals surface area (Å²) in [4.78, 5) is 13.0. The molecule has 4 nitrogen and oxygen atoms in total. The molecule has 1 aliphatic rings. The van der Waals surface area contributed by atoms with Crippen LogP contribution in [-0.4, -0.2) is 30.3 Å². The van der Waals surface area contributed by atoms with Crippen LogP contribution < -0.4 is 0 Å². The van der Waals surface area contributed by atoms with E-state index in [-0.39, 0.29) is 35.4 Å². The Bertz CT molecular complexity index is 1410. The van der Waals surface area contributed by atoms with Crippen LogP contribution in [0.15, 0.2) is 79.0 Å². The summed E-state index contributed by atoms with van der Waals surface area (Å²) < 4.78 is 39.0. The van der Waals surface area contributed by atoms with E-state index < -0.39 is 9.84 Å². The van der Waals surface area contributed by atoms with Crippen molar-refractivity contribution in [2.75, 3.05) is 11.5 Å². The number of nitrogens with zero attached hydrogens (tertiary/aromatic N) is 1. The molecule has 0 N–H and O–H groups in total. The predicted octanol–water partition coefficient (Wildman–Crippen LogP) is 5.44. The summed E-state index contributed by atoms with van der Waals surface area (Å²) in [5, 5.41) is 0.987. The molecule has 2 heterocycles. The fraction of sp³-hybridized carbons (Fsp3) is 0.192. The van der Waals surface area contributed by atoms with Crippen molar-refractivity contribution in [1.29, 1.82) is 0 Å². The minimum absolute atomic E-state index is 0.0536. The number of aromatic nitrogens is 1. The van der Waals surface area contributed by atoms with Gasteiger partial charge in [-0.1, -0.05) is 42.5 Å². The molecule has 1 fully saturated rings. The molecule has 6 heteroatoms. The van der Waals surface area contributed by atoms with Gasteiger partial charge in [-0.2, -0.15) is 0 Å². The molecule has 32 heavy (non-hydrogen) atoms. The van der Waals surface area contributed by atoms with Crippen LogP contribution in [0.3, 0.4) is 0 Å². The maximum atomic E-state index is 13.5. The normalized spacial score (nSPS) is 17.6. The number of fused-ring (bicyclic) bond motifs is 1. The first-order chi connectivity index (χ1) is 15.4. The maximum absolute atomic E-state index is 13.5. The summed E-state index contributed by atoms with van der Waals surface area (Å²) in [6.07, 6.45) is 2.78. The molecule has 3 aromatic carbocycles. The number of carbonyl (C=O) groups is 1. The highest BCUT2D eigenvalue weighted by atomic mass is 32.2. The van der Waals surface area contributed by atoms with E-state index in [9.17, 15) is 17.6 Å². The van der Waals surface area contributed by atoms with Gasteiger partial charge in [0, 0.05) is 34.8 Å². The van der Waals surface area contributed by atoms with Crippen molar-refractivity contribution in [1.82, 2.24) is 4.57 Å². The number of ketones is 1. The summed E-state index contributed by atoms with van der Waals surface area (Å²) in [6.45, 7) is 0. The Labute approximate surface area is 186 Å². The van der Waals surface area contributed by atoms with Gasteiger partial charge in [-0.05, 0) is 48.2 Å². The number of rotatable bonds is 5. The highest BCUT2D eigenvalue weighted by Gasteiger charge is 2.29. The van der Waals surface area contributed by atoms with Gasteiger partial charge < -0.3 is 4.57 Å². The van der Waals surface area contributed by atoms with Crippen molar-refractivity contribution < 1.29 is 17.6 Å². The number of benzene rings is 3. The van der Waals surface area contributed by atoms with Gasteiger partial charge in [-0.3, -0.25) is 4.79 Å². The quantitative estimate of drug-likeness (QED) is 0.383. The van der Waals surface area contributed by atoms with Crippen LogP contribution >= 0.6 is 0 Å². The summed E-state index contributed by atoms with van der Waals surface area (Å²) >= 11 is 0. The molecule has 0 aliphatic carbocycles. The Morgan fingerprint density at radius 3 is 2.44 bits per heavy atom. The van der Waals surface area contributed by atoms with Crippen LogP contribution in [0.1, 0.15) is 23.2 Å². The average molecular weight is 448 g/mol. The van der Waals surface area contributed by atoms with Crippen molar-refractivity contribution in [3.63, 3.8) is 0 Å². The second-order valence-corrected chi connectivity index (χ2v) is 10.6. The third kappa shape index (κ3) is 3.98. The Balaban J connectivity index is 1.58. The minimum Gasteiger partial charge on any atom is -0.316 e. The molecule has 0 radical (unpaired) electrons. The number of hydrogen-bond acceptors (Lipinski definition) is 3. The summed E-state index contributed by atoms with van der Waals surface area (Å²) in [5.74, 6) is -0.229. The van der Waals surface area contributed by atoms with Gasteiger partial charge >= 0.3 is 0 Å². The van der Waals surface area contributed by atoms with E-state index in [1.54, 1.807) is 12.1 Å². The third-order valence-corrected chi connectivity index (χ3v) is 7.95. The van der Waals surface area contributed by atoms with Crippen molar-refractivity contribution in [2.45, 2.75) is 12.8 Å². The van der Waals surface area contributed by atoms with E-state index >= 15 is 0 Å². The number of hydrogen-bond donors (Lipinski definition) is 0. The average Bonchev–Trinajstić information content (AvgIpc) is 3.34. The number of carbonyl (C=O) groups excluding carboxylic acids is 1. The molecular formula is C26H22FNO3S. The Morgan fingerprint density at radius 2 is 1.75 bits per heavy atom. The lowest BCUT2D eigenvalue weighted by molar-refractivity contribution is 0.0966. The van der Waals surface area contributed by atoms with Gasteiger partial charge in [0.25, 0.3) is 0 Å². The Morgan fingerprint density at radius 1 is 1.00 bits per heavy atom. The first-order valence-corrected chi connectivity index (χ1v) is 12.4. The first-order valence-electron chi connectivity index (χ1n) is 10.6. The van der Waals surface area contributed by atoms with Crippen LogP contribution in [0.2, 0.25) is 0 Å². The van der Waals surface area contributed by atoms with E-state index in [0.717, 1.165) is 27.7 Å². The van der Waals surface area contributed by atoms with Crippen LogP contribution in [0.5, 0.6) is 0 Å². The van der Waals surface area contributed by atoms with E-state index in [4.69, 9.17) is 0 Å². The fourth-order valence-corrected chi connectivity index (χ4v) is 6.34. The lowest BCUT2D eigenvalue weighted by Gasteiger charge is -2.09. The zero-order valence-corrected chi connectivity index (χ0v) is 18.2. The molecule has 1 saturated heterocycles. The van der Waals surface area contributed by atoms with Crippen molar-refractivity contribution in [3.8, 4) is 16.8 Å². The van der Waals surface area contributed by atoms with Gasteiger partial charge in [-0.15, -0.1) is 0 Å². The molecule has 1 aromatic heterocycles. The molecule has 1 unspecified atom stereocenters. The zero-order valence-electron chi connectivity index (χ0n) is 17.4. The smallest absolute Gasteiger partial charge is 0.163 e. The molecule has 0 saturated carbocycles. The summed E-state index contributed by atoms with van der Waals surface area (Å²) in [6, 6.07) is 21.8. The highest BCUT2D eigenvalue weighted by Crippen LogP contribution is 2.34. The van der Waals surface area contributed by atoms with Gasteiger partial charge in [0.2, 0.25) is 0 Å². The first kappa shape index (κ1) is 20.6. The minimum atomic E-state index is -3.02. The molecule has 4 aromatic rings. The van der Waals surface area contributed by atoms with E-state index in [1.165, 1.54) is 12.1 Å². The van der Waals surface area contributed by atoms with Crippen molar-refractivity contribution >= 4 is 26.5 Å². The van der Waals surface area contributed by atoms with Crippen LogP contribution in [0, 0.1) is 11.7 Å². The fourth-order valence-electron chi connectivity index (χ4n) is 4.48. The standard InChI is InChI=1S/C26H22FNO3S/c27-21-7-9-22(10-8-21)28-16-24(19-4-2-1-3-5-19)23-11-6-20(15-25(23)28)26(29)14-18-12-13-32(30,31)17-18/h1-11,15-16,18H,12-14,17H2. The number of Topliss-reactive ketones (excluding diaryl/α,β-unsaturated/α-hetero) is 1. The largest absolute Gasteiger partial charge is 0.316 e. The molecular weight excluding hydrogens is 425 g/mol. The Kier molecular flexibility index (Phi) is 5.18. The maximum Gasteiger partial charge on any atom is 0.163 e. The lowest BCUT2D eigenvalue weighted by Crippen LogP contribution is -2.10.